The van der Waals surface area contributed by atoms with Crippen LogP contribution < -0.4 is 11.5 Å². The van der Waals surface area contributed by atoms with E-state index in [1.807, 2.05) is 0 Å². The number of esters is 2. The molecule has 1 aliphatic carbocycles. The SMILES string of the molecule is CC(C)C[C@@H](CN)CC(=O)OCCCCCCOC(=O)CC1(CN)CCCCC1. The fourth-order valence-corrected chi connectivity index (χ4v) is 4.27. The third-order valence-corrected chi connectivity index (χ3v) is 6.02. The van der Waals surface area contributed by atoms with Crippen LogP contribution in [0.15, 0.2) is 0 Å². The first kappa shape index (κ1) is 25.9. The lowest BCUT2D eigenvalue weighted by Crippen LogP contribution is -2.35. The Balaban J connectivity index is 2.02. The van der Waals surface area contributed by atoms with E-state index < -0.39 is 0 Å². The Hall–Kier alpha value is -1.14. The topological polar surface area (TPSA) is 105 Å². The van der Waals surface area contributed by atoms with Crippen LogP contribution in [-0.4, -0.2) is 38.2 Å². The van der Waals surface area contributed by atoms with Crippen LogP contribution in [0.2, 0.25) is 0 Å². The fraction of sp³-hybridized carbons (Fsp3) is 0.913. The standard InChI is InChI=1S/C23H44N2O4/c1-19(2)14-20(17-24)15-21(26)28-12-8-3-4-9-13-29-22(27)16-23(18-25)10-6-5-7-11-23/h19-20H,3-18,24-25H2,1-2H3/t20-/m1/s1. The van der Waals surface area contributed by atoms with Crippen molar-refractivity contribution in [1.29, 1.82) is 0 Å². The second kappa shape index (κ2) is 14.8. The number of carbonyl (C=O) groups excluding carboxylic acids is 2. The summed E-state index contributed by atoms with van der Waals surface area (Å²) in [6.07, 6.45) is 11.1. The van der Waals surface area contributed by atoms with E-state index in [1.54, 1.807) is 0 Å². The van der Waals surface area contributed by atoms with E-state index >= 15 is 0 Å². The molecule has 0 heterocycles. The summed E-state index contributed by atoms with van der Waals surface area (Å²) < 4.78 is 10.7. The first-order valence-electron chi connectivity index (χ1n) is 11.6. The molecule has 1 rings (SSSR count). The third-order valence-electron chi connectivity index (χ3n) is 6.02. The van der Waals surface area contributed by atoms with Crippen molar-refractivity contribution in [3.05, 3.63) is 0 Å². The lowest BCUT2D eigenvalue weighted by molar-refractivity contribution is -0.147. The molecule has 29 heavy (non-hydrogen) atoms. The molecule has 4 N–H and O–H groups in total. The van der Waals surface area contributed by atoms with Crippen LogP contribution in [0.3, 0.4) is 0 Å². The number of hydrogen-bond donors (Lipinski definition) is 2. The van der Waals surface area contributed by atoms with Gasteiger partial charge in [-0.05, 0) is 75.3 Å². The van der Waals surface area contributed by atoms with E-state index in [0.29, 0.717) is 45.1 Å². The summed E-state index contributed by atoms with van der Waals surface area (Å²) in [5, 5.41) is 0. The second-order valence-electron chi connectivity index (χ2n) is 9.23. The first-order valence-corrected chi connectivity index (χ1v) is 11.6. The third kappa shape index (κ3) is 11.6. The molecule has 170 valence electrons. The predicted molar refractivity (Wildman–Crippen MR) is 116 cm³/mol. The molecule has 1 fully saturated rings. The molecule has 0 amide bonds. The molecule has 0 radical (unpaired) electrons. The maximum Gasteiger partial charge on any atom is 0.306 e. The van der Waals surface area contributed by atoms with Gasteiger partial charge in [0.2, 0.25) is 0 Å². The zero-order valence-corrected chi connectivity index (χ0v) is 18.8. The fourth-order valence-electron chi connectivity index (χ4n) is 4.27. The molecular formula is C23H44N2O4. The number of unbranched alkanes of at least 4 members (excludes halogenated alkanes) is 3. The van der Waals surface area contributed by atoms with Crippen molar-refractivity contribution in [2.45, 2.75) is 90.9 Å². The van der Waals surface area contributed by atoms with Crippen LogP contribution >= 0.6 is 0 Å². The number of hydrogen-bond acceptors (Lipinski definition) is 6. The lowest BCUT2D eigenvalue weighted by Gasteiger charge is -2.35. The number of carbonyl (C=O) groups is 2. The van der Waals surface area contributed by atoms with Gasteiger partial charge in [-0.3, -0.25) is 9.59 Å². The van der Waals surface area contributed by atoms with Crippen LogP contribution in [-0.2, 0) is 19.1 Å². The summed E-state index contributed by atoms with van der Waals surface area (Å²) in [4.78, 5) is 24.0. The van der Waals surface area contributed by atoms with Crippen LogP contribution in [0, 0.1) is 17.3 Å². The van der Waals surface area contributed by atoms with Gasteiger partial charge in [0.25, 0.3) is 0 Å². The highest BCUT2D eigenvalue weighted by Gasteiger charge is 2.33. The van der Waals surface area contributed by atoms with Gasteiger partial charge in [0.15, 0.2) is 0 Å². The summed E-state index contributed by atoms with van der Waals surface area (Å²) >= 11 is 0. The summed E-state index contributed by atoms with van der Waals surface area (Å²) in [5.74, 6) is 0.492. The van der Waals surface area contributed by atoms with Crippen LogP contribution in [0.25, 0.3) is 0 Å². The van der Waals surface area contributed by atoms with Gasteiger partial charge < -0.3 is 20.9 Å². The summed E-state index contributed by atoms with van der Waals surface area (Å²) in [5.41, 5.74) is 11.6. The Kier molecular flexibility index (Phi) is 13.2. The summed E-state index contributed by atoms with van der Waals surface area (Å²) in [6.45, 7) is 6.29. The molecule has 1 saturated carbocycles. The Bertz CT molecular complexity index is 462. The minimum absolute atomic E-state index is 0.0305. The van der Waals surface area contributed by atoms with E-state index in [4.69, 9.17) is 20.9 Å². The van der Waals surface area contributed by atoms with Gasteiger partial charge in [0.1, 0.15) is 0 Å². The average Bonchev–Trinajstić information content (AvgIpc) is 2.69. The Morgan fingerprint density at radius 1 is 0.897 bits per heavy atom. The van der Waals surface area contributed by atoms with Gasteiger partial charge in [-0.25, -0.2) is 0 Å². The first-order chi connectivity index (χ1) is 13.9. The van der Waals surface area contributed by atoms with Gasteiger partial charge in [-0.15, -0.1) is 0 Å². The van der Waals surface area contributed by atoms with Crippen LogP contribution in [0.4, 0.5) is 0 Å². The molecule has 1 atom stereocenters. The number of ether oxygens (including phenoxy) is 2. The van der Waals surface area contributed by atoms with Crippen LogP contribution in [0.5, 0.6) is 0 Å². The molecular weight excluding hydrogens is 368 g/mol. The molecule has 0 unspecified atom stereocenters. The van der Waals surface area contributed by atoms with Gasteiger partial charge in [-0.1, -0.05) is 33.1 Å². The quantitative estimate of drug-likeness (QED) is 0.312. The predicted octanol–water partition coefficient (Wildman–Crippen LogP) is 3.94. The molecule has 0 bridgehead atoms. The maximum atomic E-state index is 12.1. The number of rotatable bonds is 15. The summed E-state index contributed by atoms with van der Waals surface area (Å²) in [7, 11) is 0. The van der Waals surface area contributed by atoms with Crippen molar-refractivity contribution in [2.75, 3.05) is 26.3 Å². The molecule has 0 aromatic rings. The zero-order chi connectivity index (χ0) is 21.5. The van der Waals surface area contributed by atoms with E-state index in [9.17, 15) is 9.59 Å². The Morgan fingerprint density at radius 2 is 1.48 bits per heavy atom. The van der Waals surface area contributed by atoms with E-state index in [-0.39, 0.29) is 23.3 Å². The van der Waals surface area contributed by atoms with Gasteiger partial charge >= 0.3 is 11.9 Å². The lowest BCUT2D eigenvalue weighted by atomic mass is 9.72. The van der Waals surface area contributed by atoms with E-state index in [1.165, 1.54) is 19.3 Å². The van der Waals surface area contributed by atoms with Gasteiger partial charge in [-0.2, -0.15) is 0 Å². The smallest absolute Gasteiger partial charge is 0.306 e. The van der Waals surface area contributed by atoms with Crippen LogP contribution in [0.1, 0.15) is 90.9 Å². The Labute approximate surface area is 177 Å². The molecule has 0 aromatic heterocycles. The highest BCUT2D eigenvalue weighted by Crippen LogP contribution is 2.38. The monoisotopic (exact) mass is 412 g/mol. The van der Waals surface area contributed by atoms with Gasteiger partial charge in [0.05, 0.1) is 19.6 Å². The summed E-state index contributed by atoms with van der Waals surface area (Å²) in [6, 6.07) is 0. The highest BCUT2D eigenvalue weighted by molar-refractivity contribution is 5.70. The normalized spacial score (nSPS) is 17.1. The minimum Gasteiger partial charge on any atom is -0.466 e. The molecule has 0 aromatic carbocycles. The number of nitrogens with two attached hydrogens (primary N) is 2. The molecule has 0 saturated heterocycles. The van der Waals surface area contributed by atoms with Gasteiger partial charge in [0, 0.05) is 6.42 Å². The molecule has 6 heteroatoms. The zero-order valence-electron chi connectivity index (χ0n) is 18.8. The largest absolute Gasteiger partial charge is 0.466 e. The highest BCUT2D eigenvalue weighted by atomic mass is 16.5. The van der Waals surface area contributed by atoms with E-state index in [2.05, 4.69) is 13.8 Å². The maximum absolute atomic E-state index is 12.1. The minimum atomic E-state index is -0.147. The molecule has 6 nitrogen and oxygen atoms in total. The van der Waals surface area contributed by atoms with E-state index in [0.717, 1.165) is 44.9 Å². The van der Waals surface area contributed by atoms with Crippen molar-refractivity contribution in [3.63, 3.8) is 0 Å². The van der Waals surface area contributed by atoms with Crippen molar-refractivity contribution in [3.8, 4) is 0 Å². The molecule has 1 aliphatic rings. The van der Waals surface area contributed by atoms with Crippen molar-refractivity contribution in [1.82, 2.24) is 0 Å². The van der Waals surface area contributed by atoms with Crippen molar-refractivity contribution >= 4 is 11.9 Å². The molecule has 0 spiro atoms. The molecule has 0 aliphatic heterocycles. The van der Waals surface area contributed by atoms with Crippen molar-refractivity contribution in [2.24, 2.45) is 28.7 Å². The second-order valence-corrected chi connectivity index (χ2v) is 9.23. The average molecular weight is 413 g/mol. The Morgan fingerprint density at radius 3 is 2.00 bits per heavy atom. The van der Waals surface area contributed by atoms with Crippen molar-refractivity contribution < 1.29 is 19.1 Å².